The van der Waals surface area contributed by atoms with Crippen molar-refractivity contribution in [3.05, 3.63) is 30.1 Å². The van der Waals surface area contributed by atoms with Crippen LogP contribution in [0.15, 0.2) is 24.5 Å². The second kappa shape index (κ2) is 9.10. The second-order valence-corrected chi connectivity index (χ2v) is 4.28. The van der Waals surface area contributed by atoms with E-state index in [9.17, 15) is 0 Å². The highest BCUT2D eigenvalue weighted by Gasteiger charge is 1.93. The summed E-state index contributed by atoms with van der Waals surface area (Å²) in [4.78, 5) is 6.20. The molecule has 0 spiro atoms. The van der Waals surface area contributed by atoms with Crippen molar-refractivity contribution in [3.63, 3.8) is 0 Å². The molecule has 0 saturated carbocycles. The number of aromatic nitrogens is 1. The molecule has 96 valence electrons. The highest BCUT2D eigenvalue weighted by Crippen LogP contribution is 1.94. The van der Waals surface area contributed by atoms with Gasteiger partial charge in [0.1, 0.15) is 0 Å². The van der Waals surface area contributed by atoms with Gasteiger partial charge < -0.3 is 15.0 Å². The SMILES string of the molecule is CN(C)CCOCCNCCc1cccnc1. The van der Waals surface area contributed by atoms with Crippen molar-refractivity contribution in [1.82, 2.24) is 15.2 Å². The Morgan fingerprint density at radius 1 is 1.29 bits per heavy atom. The van der Waals surface area contributed by atoms with Crippen molar-refractivity contribution in [2.75, 3.05) is 46.9 Å². The van der Waals surface area contributed by atoms with Gasteiger partial charge >= 0.3 is 0 Å². The van der Waals surface area contributed by atoms with Crippen molar-refractivity contribution in [1.29, 1.82) is 0 Å². The van der Waals surface area contributed by atoms with Gasteiger partial charge in [0, 0.05) is 25.5 Å². The van der Waals surface area contributed by atoms with E-state index in [4.69, 9.17) is 4.74 Å². The van der Waals surface area contributed by atoms with E-state index < -0.39 is 0 Å². The fourth-order valence-electron chi connectivity index (χ4n) is 1.40. The van der Waals surface area contributed by atoms with Gasteiger partial charge in [-0.1, -0.05) is 6.07 Å². The largest absolute Gasteiger partial charge is 0.379 e. The number of hydrogen-bond donors (Lipinski definition) is 1. The third-order valence-corrected chi connectivity index (χ3v) is 2.42. The summed E-state index contributed by atoms with van der Waals surface area (Å²) in [7, 11) is 4.10. The number of rotatable bonds is 9. The van der Waals surface area contributed by atoms with Crippen LogP contribution in [0.1, 0.15) is 5.56 Å². The van der Waals surface area contributed by atoms with Crippen LogP contribution in [-0.4, -0.2) is 56.8 Å². The zero-order valence-electron chi connectivity index (χ0n) is 10.9. The van der Waals surface area contributed by atoms with Crippen molar-refractivity contribution in [3.8, 4) is 0 Å². The molecular formula is C13H23N3O. The molecule has 4 heteroatoms. The molecule has 0 atom stereocenters. The molecule has 0 unspecified atom stereocenters. The molecular weight excluding hydrogens is 214 g/mol. The number of nitrogens with zero attached hydrogens (tertiary/aromatic N) is 2. The van der Waals surface area contributed by atoms with E-state index in [-0.39, 0.29) is 0 Å². The van der Waals surface area contributed by atoms with Gasteiger partial charge in [-0.2, -0.15) is 0 Å². The van der Waals surface area contributed by atoms with Crippen LogP contribution in [0.2, 0.25) is 0 Å². The third-order valence-electron chi connectivity index (χ3n) is 2.42. The fourth-order valence-corrected chi connectivity index (χ4v) is 1.40. The minimum Gasteiger partial charge on any atom is -0.379 e. The molecule has 4 nitrogen and oxygen atoms in total. The summed E-state index contributed by atoms with van der Waals surface area (Å²) < 4.78 is 5.48. The molecule has 0 bridgehead atoms. The summed E-state index contributed by atoms with van der Waals surface area (Å²) in [6.45, 7) is 4.45. The van der Waals surface area contributed by atoms with E-state index in [1.807, 2.05) is 12.3 Å². The summed E-state index contributed by atoms with van der Waals surface area (Å²) in [6, 6.07) is 4.07. The highest BCUT2D eigenvalue weighted by molar-refractivity contribution is 5.08. The molecule has 1 N–H and O–H groups in total. The normalized spacial score (nSPS) is 11.0. The Hall–Kier alpha value is -0.970. The van der Waals surface area contributed by atoms with Gasteiger partial charge in [-0.25, -0.2) is 0 Å². The molecule has 0 aliphatic rings. The van der Waals surface area contributed by atoms with Crippen LogP contribution in [-0.2, 0) is 11.2 Å². The standard InChI is InChI=1S/C13H23N3O/c1-16(2)9-11-17-10-8-14-7-5-13-4-3-6-15-12-13/h3-4,6,12,14H,5,7-11H2,1-2H3. The molecule has 0 fully saturated rings. The molecule has 17 heavy (non-hydrogen) atoms. The van der Waals surface area contributed by atoms with E-state index in [1.54, 1.807) is 6.20 Å². The van der Waals surface area contributed by atoms with Crippen LogP contribution in [0.5, 0.6) is 0 Å². The molecule has 0 aliphatic heterocycles. The van der Waals surface area contributed by atoms with Crippen LogP contribution in [0.4, 0.5) is 0 Å². The summed E-state index contributed by atoms with van der Waals surface area (Å²) >= 11 is 0. The van der Waals surface area contributed by atoms with Crippen LogP contribution in [0.25, 0.3) is 0 Å². The molecule has 1 heterocycles. The second-order valence-electron chi connectivity index (χ2n) is 4.28. The molecule has 0 aliphatic carbocycles. The van der Waals surface area contributed by atoms with E-state index >= 15 is 0 Å². The lowest BCUT2D eigenvalue weighted by molar-refractivity contribution is 0.119. The first-order valence-electron chi connectivity index (χ1n) is 6.11. The van der Waals surface area contributed by atoms with Gasteiger partial charge in [0.25, 0.3) is 0 Å². The summed E-state index contributed by atoms with van der Waals surface area (Å²) in [5.41, 5.74) is 1.27. The Balaban J connectivity index is 1.88. The van der Waals surface area contributed by atoms with E-state index in [0.29, 0.717) is 0 Å². The first-order chi connectivity index (χ1) is 8.29. The lowest BCUT2D eigenvalue weighted by atomic mass is 10.2. The minimum absolute atomic E-state index is 0.779. The molecule has 1 rings (SSSR count). The topological polar surface area (TPSA) is 37.4 Å². The van der Waals surface area contributed by atoms with Gasteiger partial charge in [-0.05, 0) is 38.7 Å². The number of likely N-dealkylation sites (N-methyl/N-ethyl adjacent to an activating group) is 1. The highest BCUT2D eigenvalue weighted by atomic mass is 16.5. The third kappa shape index (κ3) is 7.85. The van der Waals surface area contributed by atoms with Crippen LogP contribution in [0, 0.1) is 0 Å². The van der Waals surface area contributed by atoms with Crippen molar-refractivity contribution in [2.45, 2.75) is 6.42 Å². The Morgan fingerprint density at radius 3 is 2.88 bits per heavy atom. The zero-order valence-corrected chi connectivity index (χ0v) is 10.9. The van der Waals surface area contributed by atoms with Crippen LogP contribution in [0.3, 0.4) is 0 Å². The smallest absolute Gasteiger partial charge is 0.0593 e. The van der Waals surface area contributed by atoms with Gasteiger partial charge in [0.05, 0.1) is 13.2 Å². The van der Waals surface area contributed by atoms with Crippen LogP contribution < -0.4 is 5.32 Å². The summed E-state index contributed by atoms with van der Waals surface area (Å²) in [5.74, 6) is 0. The van der Waals surface area contributed by atoms with E-state index in [2.05, 4.69) is 35.4 Å². The Morgan fingerprint density at radius 2 is 2.18 bits per heavy atom. The first-order valence-corrected chi connectivity index (χ1v) is 6.11. The van der Waals surface area contributed by atoms with Crippen molar-refractivity contribution < 1.29 is 4.74 Å². The molecule has 0 radical (unpaired) electrons. The number of pyridine rings is 1. The van der Waals surface area contributed by atoms with Crippen molar-refractivity contribution in [2.24, 2.45) is 0 Å². The zero-order chi connectivity index (χ0) is 12.3. The lowest BCUT2D eigenvalue weighted by Crippen LogP contribution is -2.24. The maximum Gasteiger partial charge on any atom is 0.0593 e. The molecule has 0 amide bonds. The van der Waals surface area contributed by atoms with Gasteiger partial charge in [0.2, 0.25) is 0 Å². The van der Waals surface area contributed by atoms with E-state index in [1.165, 1.54) is 5.56 Å². The predicted molar refractivity (Wildman–Crippen MR) is 70.2 cm³/mol. The first kappa shape index (κ1) is 14.1. The average molecular weight is 237 g/mol. The number of ether oxygens (including phenoxy) is 1. The van der Waals surface area contributed by atoms with Crippen molar-refractivity contribution >= 4 is 0 Å². The maximum absolute atomic E-state index is 5.48. The maximum atomic E-state index is 5.48. The molecule has 1 aromatic rings. The van der Waals surface area contributed by atoms with Gasteiger partial charge in [0.15, 0.2) is 0 Å². The molecule has 0 saturated heterocycles. The Labute approximate surface area is 104 Å². The summed E-state index contributed by atoms with van der Waals surface area (Å²) in [6.07, 6.45) is 4.73. The Bertz CT molecular complexity index is 277. The van der Waals surface area contributed by atoms with Crippen LogP contribution >= 0.6 is 0 Å². The fraction of sp³-hybridized carbons (Fsp3) is 0.615. The molecule has 1 aromatic heterocycles. The minimum atomic E-state index is 0.779. The quantitative estimate of drug-likeness (QED) is 0.644. The molecule has 0 aromatic carbocycles. The lowest BCUT2D eigenvalue weighted by Gasteiger charge is -2.10. The van der Waals surface area contributed by atoms with Gasteiger partial charge in [-0.3, -0.25) is 4.98 Å². The number of nitrogens with one attached hydrogen (secondary N) is 1. The average Bonchev–Trinajstić information content (AvgIpc) is 2.33. The number of hydrogen-bond acceptors (Lipinski definition) is 4. The Kier molecular flexibility index (Phi) is 7.54. The summed E-state index contributed by atoms with van der Waals surface area (Å²) in [5, 5.41) is 3.36. The van der Waals surface area contributed by atoms with Gasteiger partial charge in [-0.15, -0.1) is 0 Å². The van der Waals surface area contributed by atoms with E-state index in [0.717, 1.165) is 39.3 Å². The predicted octanol–water partition coefficient (Wildman–Crippen LogP) is 0.792. The monoisotopic (exact) mass is 237 g/mol.